The van der Waals surface area contributed by atoms with E-state index in [2.05, 4.69) is 95.1 Å². The third-order valence-electron chi connectivity index (χ3n) is 8.32. The van der Waals surface area contributed by atoms with Crippen molar-refractivity contribution in [3.8, 4) is 5.75 Å². The largest absolute Gasteiger partial charge is 0.493 e. The molecule has 0 unspecified atom stereocenters. The topological polar surface area (TPSA) is 41.6 Å². The average molecular weight is 519 g/mol. The molecule has 2 atom stereocenters. The Morgan fingerprint density at radius 3 is 2.54 bits per heavy atom. The molecule has 4 aromatic rings. The zero-order chi connectivity index (χ0) is 26.4. The number of fused-ring (bicyclic) bond motifs is 2. The van der Waals surface area contributed by atoms with E-state index in [1.54, 1.807) is 0 Å². The van der Waals surface area contributed by atoms with E-state index in [1.807, 2.05) is 6.07 Å². The average Bonchev–Trinajstić information content (AvgIpc) is 3.44. The van der Waals surface area contributed by atoms with Gasteiger partial charge in [-0.05, 0) is 83.3 Å². The van der Waals surface area contributed by atoms with E-state index in [4.69, 9.17) is 4.74 Å². The standard InChI is InChI=1S/C35H38N2O2/c38-35(36-18-17-26-7-2-1-3-8-26)33-20-28(25-39-34-16-15-30-11-6-12-32(30)21-34)23-37(24-33)22-27-13-14-29-9-4-5-10-31(29)19-27/h1-5,7-10,13-16,19,21,28,33H,6,11-12,17-18,20,22-25H2,(H,36,38)/t28-,33+/m0/s1. The Balaban J connectivity index is 1.12. The van der Waals surface area contributed by atoms with Crippen LogP contribution < -0.4 is 10.1 Å². The molecule has 200 valence electrons. The Hall–Kier alpha value is -3.63. The van der Waals surface area contributed by atoms with Crippen molar-refractivity contribution >= 4 is 16.7 Å². The maximum Gasteiger partial charge on any atom is 0.224 e. The van der Waals surface area contributed by atoms with Crippen molar-refractivity contribution in [3.63, 3.8) is 0 Å². The normalized spacial score (nSPS) is 19.1. The summed E-state index contributed by atoms with van der Waals surface area (Å²) in [6.45, 7) is 3.86. The summed E-state index contributed by atoms with van der Waals surface area (Å²) in [7, 11) is 0. The van der Waals surface area contributed by atoms with Gasteiger partial charge in [-0.25, -0.2) is 0 Å². The van der Waals surface area contributed by atoms with E-state index < -0.39 is 0 Å². The van der Waals surface area contributed by atoms with Gasteiger partial charge in [-0.15, -0.1) is 0 Å². The summed E-state index contributed by atoms with van der Waals surface area (Å²) in [6.07, 6.45) is 5.29. The van der Waals surface area contributed by atoms with Crippen LogP contribution in [0.15, 0.2) is 91.0 Å². The first-order valence-electron chi connectivity index (χ1n) is 14.5. The highest BCUT2D eigenvalue weighted by molar-refractivity contribution is 5.83. The van der Waals surface area contributed by atoms with Gasteiger partial charge >= 0.3 is 0 Å². The molecule has 1 fully saturated rings. The fourth-order valence-corrected chi connectivity index (χ4v) is 6.31. The molecule has 4 aromatic carbocycles. The molecule has 1 amide bonds. The lowest BCUT2D eigenvalue weighted by atomic mass is 9.88. The van der Waals surface area contributed by atoms with E-state index in [1.165, 1.54) is 45.9 Å². The molecule has 2 aliphatic rings. The molecule has 1 heterocycles. The number of rotatable bonds is 9. The highest BCUT2D eigenvalue weighted by atomic mass is 16.5. The minimum Gasteiger partial charge on any atom is -0.493 e. The van der Waals surface area contributed by atoms with Gasteiger partial charge in [0.2, 0.25) is 5.91 Å². The quantitative estimate of drug-likeness (QED) is 0.287. The number of aryl methyl sites for hydroxylation is 2. The maximum absolute atomic E-state index is 13.3. The molecule has 1 aliphatic carbocycles. The molecule has 0 aromatic heterocycles. The number of piperidine rings is 1. The number of benzene rings is 4. The lowest BCUT2D eigenvalue weighted by Crippen LogP contribution is -2.47. The van der Waals surface area contributed by atoms with Gasteiger partial charge in [-0.1, -0.05) is 72.8 Å². The second-order valence-electron chi connectivity index (χ2n) is 11.3. The summed E-state index contributed by atoms with van der Waals surface area (Å²) in [6, 6.07) is 32.2. The maximum atomic E-state index is 13.3. The van der Waals surface area contributed by atoms with Crippen LogP contribution in [0.25, 0.3) is 10.8 Å². The number of hydrogen-bond acceptors (Lipinski definition) is 3. The number of amides is 1. The van der Waals surface area contributed by atoms with Crippen LogP contribution in [0.4, 0.5) is 0 Å². The van der Waals surface area contributed by atoms with E-state index in [-0.39, 0.29) is 11.8 Å². The van der Waals surface area contributed by atoms with Crippen LogP contribution in [0.5, 0.6) is 5.75 Å². The fraction of sp³-hybridized carbons (Fsp3) is 0.343. The molecular formula is C35H38N2O2. The Morgan fingerprint density at radius 2 is 1.64 bits per heavy atom. The Labute approximate surface area is 232 Å². The molecule has 1 saturated heterocycles. The van der Waals surface area contributed by atoms with Crippen LogP contribution in [0.2, 0.25) is 0 Å². The van der Waals surface area contributed by atoms with Crippen LogP contribution >= 0.6 is 0 Å². The zero-order valence-electron chi connectivity index (χ0n) is 22.6. The lowest BCUT2D eigenvalue weighted by molar-refractivity contribution is -0.127. The first-order chi connectivity index (χ1) is 19.2. The number of nitrogens with zero attached hydrogens (tertiary/aromatic N) is 1. The molecule has 1 N–H and O–H groups in total. The summed E-state index contributed by atoms with van der Waals surface area (Å²) in [5.41, 5.74) is 5.44. The van der Waals surface area contributed by atoms with Crippen molar-refractivity contribution in [1.82, 2.24) is 10.2 Å². The van der Waals surface area contributed by atoms with Gasteiger partial charge in [0, 0.05) is 32.1 Å². The minimum absolute atomic E-state index is 0.0383. The molecule has 39 heavy (non-hydrogen) atoms. The Kier molecular flexibility index (Phi) is 7.92. The van der Waals surface area contributed by atoms with Crippen LogP contribution in [-0.2, 0) is 30.6 Å². The molecule has 0 radical (unpaired) electrons. The molecule has 4 heteroatoms. The van der Waals surface area contributed by atoms with E-state index in [0.29, 0.717) is 19.1 Å². The summed E-state index contributed by atoms with van der Waals surface area (Å²) in [4.78, 5) is 15.8. The number of nitrogens with one attached hydrogen (secondary N) is 1. The van der Waals surface area contributed by atoms with Gasteiger partial charge < -0.3 is 10.1 Å². The summed E-state index contributed by atoms with van der Waals surface area (Å²) in [5, 5.41) is 5.75. The molecule has 0 bridgehead atoms. The molecular weight excluding hydrogens is 480 g/mol. The first-order valence-corrected chi connectivity index (χ1v) is 14.5. The third-order valence-corrected chi connectivity index (χ3v) is 8.32. The fourth-order valence-electron chi connectivity index (χ4n) is 6.31. The molecule has 1 aliphatic heterocycles. The van der Waals surface area contributed by atoms with Gasteiger partial charge in [0.15, 0.2) is 0 Å². The predicted molar refractivity (Wildman–Crippen MR) is 158 cm³/mol. The van der Waals surface area contributed by atoms with Crippen molar-refractivity contribution in [3.05, 3.63) is 113 Å². The third kappa shape index (κ3) is 6.51. The summed E-state index contributed by atoms with van der Waals surface area (Å²) < 4.78 is 6.34. The van der Waals surface area contributed by atoms with Crippen LogP contribution in [-0.4, -0.2) is 37.0 Å². The van der Waals surface area contributed by atoms with Crippen molar-refractivity contribution in [1.29, 1.82) is 0 Å². The Bertz CT molecular complexity index is 1420. The van der Waals surface area contributed by atoms with Gasteiger partial charge in [0.1, 0.15) is 5.75 Å². The second kappa shape index (κ2) is 12.0. The van der Waals surface area contributed by atoms with Gasteiger partial charge in [-0.2, -0.15) is 0 Å². The summed E-state index contributed by atoms with van der Waals surface area (Å²) >= 11 is 0. The first kappa shape index (κ1) is 25.6. The van der Waals surface area contributed by atoms with Crippen molar-refractivity contribution in [2.45, 2.75) is 38.6 Å². The number of ether oxygens (including phenoxy) is 1. The molecule has 6 rings (SSSR count). The molecule has 0 spiro atoms. The van der Waals surface area contributed by atoms with Gasteiger partial charge in [0.25, 0.3) is 0 Å². The van der Waals surface area contributed by atoms with Gasteiger partial charge in [-0.3, -0.25) is 9.69 Å². The number of hydrogen-bond donors (Lipinski definition) is 1. The van der Waals surface area contributed by atoms with E-state index in [0.717, 1.165) is 44.6 Å². The van der Waals surface area contributed by atoms with Crippen LogP contribution in [0.1, 0.15) is 35.1 Å². The van der Waals surface area contributed by atoms with Crippen molar-refractivity contribution in [2.75, 3.05) is 26.2 Å². The monoisotopic (exact) mass is 518 g/mol. The van der Waals surface area contributed by atoms with Gasteiger partial charge in [0.05, 0.1) is 12.5 Å². The lowest BCUT2D eigenvalue weighted by Gasteiger charge is -2.37. The van der Waals surface area contributed by atoms with Crippen molar-refractivity contribution in [2.24, 2.45) is 11.8 Å². The second-order valence-corrected chi connectivity index (χ2v) is 11.3. The predicted octanol–water partition coefficient (Wildman–Crippen LogP) is 6.20. The highest BCUT2D eigenvalue weighted by Crippen LogP contribution is 2.29. The zero-order valence-corrected chi connectivity index (χ0v) is 22.6. The van der Waals surface area contributed by atoms with E-state index in [9.17, 15) is 4.79 Å². The number of carbonyl (C=O) groups is 1. The van der Waals surface area contributed by atoms with E-state index >= 15 is 0 Å². The summed E-state index contributed by atoms with van der Waals surface area (Å²) in [5.74, 6) is 1.39. The SMILES string of the molecule is O=C(NCCc1ccccc1)[C@@H]1C[C@H](COc2ccc3c(c2)CCC3)CN(Cc2ccc3ccccc3c2)C1. The smallest absolute Gasteiger partial charge is 0.224 e. The molecule has 0 saturated carbocycles. The van der Waals surface area contributed by atoms with Crippen LogP contribution in [0, 0.1) is 11.8 Å². The number of carbonyl (C=O) groups excluding carboxylic acids is 1. The Morgan fingerprint density at radius 1 is 0.821 bits per heavy atom. The van der Waals surface area contributed by atoms with Crippen LogP contribution in [0.3, 0.4) is 0 Å². The minimum atomic E-state index is -0.0383. The molecule has 4 nitrogen and oxygen atoms in total. The highest BCUT2D eigenvalue weighted by Gasteiger charge is 2.32. The number of likely N-dealkylation sites (tertiary alicyclic amines) is 1. The van der Waals surface area contributed by atoms with Crippen molar-refractivity contribution < 1.29 is 9.53 Å².